The van der Waals surface area contributed by atoms with E-state index < -0.39 is 0 Å². The Labute approximate surface area is 195 Å². The second-order valence-corrected chi connectivity index (χ2v) is 8.41. The van der Waals surface area contributed by atoms with Gasteiger partial charge in [-0.2, -0.15) is 0 Å². The van der Waals surface area contributed by atoms with Crippen LogP contribution in [0.15, 0.2) is 48.5 Å². The fourth-order valence-corrected chi connectivity index (χ4v) is 4.05. The predicted octanol–water partition coefficient (Wildman–Crippen LogP) is 6.71. The number of halogens is 3. The Morgan fingerprint density at radius 1 is 1.10 bits per heavy atom. The van der Waals surface area contributed by atoms with E-state index in [9.17, 15) is 4.79 Å². The second-order valence-electron chi connectivity index (χ2n) is 7.60. The van der Waals surface area contributed by atoms with Gasteiger partial charge in [0.2, 0.25) is 0 Å². The van der Waals surface area contributed by atoms with Crippen LogP contribution in [0.25, 0.3) is 0 Å². The number of benzene rings is 2. The number of piperidine rings is 1. The van der Waals surface area contributed by atoms with Crippen LogP contribution in [0.2, 0.25) is 10.0 Å². The molecule has 2 aromatic carbocycles. The number of amides is 2. The van der Waals surface area contributed by atoms with Gasteiger partial charge in [0.15, 0.2) is 0 Å². The number of rotatable bonds is 7. The summed E-state index contributed by atoms with van der Waals surface area (Å²) in [6.07, 6.45) is 4.43. The van der Waals surface area contributed by atoms with Crippen molar-refractivity contribution in [2.24, 2.45) is 0 Å². The van der Waals surface area contributed by atoms with Crippen molar-refractivity contribution in [2.45, 2.75) is 45.2 Å². The first-order valence-electron chi connectivity index (χ1n) is 10.4. The number of nitrogens with one attached hydrogen (secondary N) is 1. The summed E-state index contributed by atoms with van der Waals surface area (Å²) < 4.78 is 0. The highest BCUT2D eigenvalue weighted by Crippen LogP contribution is 2.26. The van der Waals surface area contributed by atoms with Crippen LogP contribution in [0.5, 0.6) is 0 Å². The van der Waals surface area contributed by atoms with Crippen molar-refractivity contribution < 1.29 is 4.79 Å². The Hall–Kier alpha value is -1.46. The second kappa shape index (κ2) is 12.4. The number of nitrogens with zero attached hydrogens (tertiary/aromatic N) is 2. The maximum Gasteiger partial charge on any atom is 0.322 e. The molecule has 0 aromatic heterocycles. The van der Waals surface area contributed by atoms with E-state index >= 15 is 0 Å². The molecule has 0 radical (unpaired) electrons. The zero-order valence-corrected chi connectivity index (χ0v) is 19.6. The molecule has 0 bridgehead atoms. The lowest BCUT2D eigenvalue weighted by Crippen LogP contribution is -2.48. The minimum absolute atomic E-state index is 0. The van der Waals surface area contributed by atoms with Gasteiger partial charge >= 0.3 is 6.03 Å². The SMILES string of the molecule is CCCCN1CCC(N(Cc2ccccc2)C(=O)Nc2ccc(Cl)c(Cl)c2)CC1.Cl. The molecule has 0 unspecified atom stereocenters. The van der Waals surface area contributed by atoms with Gasteiger partial charge in [-0.05, 0) is 49.6 Å². The van der Waals surface area contributed by atoms with Gasteiger partial charge in [-0.15, -0.1) is 12.4 Å². The van der Waals surface area contributed by atoms with Crippen LogP contribution in [0.4, 0.5) is 10.5 Å². The number of hydrogen-bond acceptors (Lipinski definition) is 2. The van der Waals surface area contributed by atoms with Crippen LogP contribution in [-0.4, -0.2) is 41.5 Å². The maximum atomic E-state index is 13.2. The highest BCUT2D eigenvalue weighted by atomic mass is 35.5. The van der Waals surface area contributed by atoms with E-state index in [2.05, 4.69) is 29.3 Å². The van der Waals surface area contributed by atoms with Crippen LogP contribution in [-0.2, 0) is 6.54 Å². The molecule has 2 amide bonds. The third-order valence-corrected chi connectivity index (χ3v) is 6.19. The molecule has 1 aliphatic heterocycles. The smallest absolute Gasteiger partial charge is 0.317 e. The minimum atomic E-state index is -0.0979. The van der Waals surface area contributed by atoms with E-state index in [1.807, 2.05) is 23.1 Å². The first-order valence-corrected chi connectivity index (χ1v) is 11.1. The molecule has 7 heteroatoms. The van der Waals surface area contributed by atoms with Crippen molar-refractivity contribution in [1.29, 1.82) is 0 Å². The van der Waals surface area contributed by atoms with Gasteiger partial charge in [0, 0.05) is 31.4 Å². The van der Waals surface area contributed by atoms with Gasteiger partial charge in [-0.3, -0.25) is 0 Å². The van der Waals surface area contributed by atoms with Crippen molar-refractivity contribution in [2.75, 3.05) is 25.0 Å². The Balaban J connectivity index is 0.00000320. The Bertz CT molecular complexity index is 796. The van der Waals surface area contributed by atoms with Gasteiger partial charge in [0.05, 0.1) is 10.0 Å². The quantitative estimate of drug-likeness (QED) is 0.488. The molecule has 0 saturated carbocycles. The molecule has 1 aliphatic rings. The summed E-state index contributed by atoms with van der Waals surface area (Å²) in [6.45, 7) is 6.04. The normalized spacial score (nSPS) is 14.8. The van der Waals surface area contributed by atoms with Crippen molar-refractivity contribution in [3.63, 3.8) is 0 Å². The molecule has 1 heterocycles. The molecule has 1 fully saturated rings. The number of urea groups is 1. The topological polar surface area (TPSA) is 35.6 Å². The summed E-state index contributed by atoms with van der Waals surface area (Å²) in [5.41, 5.74) is 1.79. The van der Waals surface area contributed by atoms with Gasteiger partial charge in [-0.25, -0.2) is 4.79 Å². The number of likely N-dealkylation sites (tertiary alicyclic amines) is 1. The van der Waals surface area contributed by atoms with Gasteiger partial charge in [-0.1, -0.05) is 66.9 Å². The summed E-state index contributed by atoms with van der Waals surface area (Å²) in [4.78, 5) is 17.7. The number of carbonyl (C=O) groups excluding carboxylic acids is 1. The molecule has 30 heavy (non-hydrogen) atoms. The molecule has 2 aromatic rings. The minimum Gasteiger partial charge on any atom is -0.317 e. The van der Waals surface area contributed by atoms with E-state index in [-0.39, 0.29) is 24.5 Å². The molecule has 0 atom stereocenters. The van der Waals surface area contributed by atoms with Gasteiger partial charge < -0.3 is 15.1 Å². The largest absolute Gasteiger partial charge is 0.322 e. The number of hydrogen-bond donors (Lipinski definition) is 1. The number of unbranched alkanes of at least 4 members (excludes halogenated alkanes) is 1. The fourth-order valence-electron chi connectivity index (χ4n) is 3.75. The van der Waals surface area contributed by atoms with Crippen molar-refractivity contribution in [3.05, 3.63) is 64.1 Å². The van der Waals surface area contributed by atoms with Crippen LogP contribution in [0.3, 0.4) is 0 Å². The van der Waals surface area contributed by atoms with Gasteiger partial charge in [0.25, 0.3) is 0 Å². The van der Waals surface area contributed by atoms with Crippen LogP contribution >= 0.6 is 35.6 Å². The first-order chi connectivity index (χ1) is 14.1. The Kier molecular flexibility index (Phi) is 10.3. The molecule has 0 aliphatic carbocycles. The average molecular weight is 471 g/mol. The van der Waals surface area contributed by atoms with Gasteiger partial charge in [0.1, 0.15) is 0 Å². The van der Waals surface area contributed by atoms with Crippen LogP contribution in [0, 0.1) is 0 Å². The fraction of sp³-hybridized carbons (Fsp3) is 0.435. The van der Waals surface area contributed by atoms with Crippen molar-refractivity contribution in [3.8, 4) is 0 Å². The van der Waals surface area contributed by atoms with E-state index in [1.165, 1.54) is 12.8 Å². The predicted molar refractivity (Wildman–Crippen MR) is 129 cm³/mol. The molecule has 1 N–H and O–H groups in total. The molecule has 0 spiro atoms. The maximum absolute atomic E-state index is 13.2. The third kappa shape index (κ3) is 7.05. The molecule has 4 nitrogen and oxygen atoms in total. The summed E-state index contributed by atoms with van der Waals surface area (Å²) in [7, 11) is 0. The molecular formula is C23H30Cl3N3O. The Morgan fingerprint density at radius 3 is 2.43 bits per heavy atom. The number of anilines is 1. The molecule has 3 rings (SSSR count). The monoisotopic (exact) mass is 469 g/mol. The third-order valence-electron chi connectivity index (χ3n) is 5.45. The molecule has 1 saturated heterocycles. The van der Waals surface area contributed by atoms with E-state index in [1.54, 1.807) is 18.2 Å². The lowest BCUT2D eigenvalue weighted by molar-refractivity contribution is 0.122. The van der Waals surface area contributed by atoms with E-state index in [0.29, 0.717) is 22.3 Å². The average Bonchev–Trinajstić information content (AvgIpc) is 2.74. The van der Waals surface area contributed by atoms with Crippen molar-refractivity contribution in [1.82, 2.24) is 9.80 Å². The summed E-state index contributed by atoms with van der Waals surface area (Å²) in [5, 5.41) is 3.91. The Morgan fingerprint density at radius 2 is 1.80 bits per heavy atom. The van der Waals surface area contributed by atoms with Crippen LogP contribution in [0.1, 0.15) is 38.2 Å². The van der Waals surface area contributed by atoms with Crippen LogP contribution < -0.4 is 5.32 Å². The van der Waals surface area contributed by atoms with E-state index in [4.69, 9.17) is 23.2 Å². The summed E-state index contributed by atoms with van der Waals surface area (Å²) in [5.74, 6) is 0. The molecule has 164 valence electrons. The zero-order chi connectivity index (χ0) is 20.6. The van der Waals surface area contributed by atoms with Crippen molar-refractivity contribution >= 4 is 47.3 Å². The highest BCUT2D eigenvalue weighted by Gasteiger charge is 2.28. The zero-order valence-electron chi connectivity index (χ0n) is 17.3. The number of carbonyl (C=O) groups is 1. The highest BCUT2D eigenvalue weighted by molar-refractivity contribution is 6.42. The van der Waals surface area contributed by atoms with E-state index in [0.717, 1.165) is 38.0 Å². The summed E-state index contributed by atoms with van der Waals surface area (Å²) in [6, 6.07) is 15.4. The lowest BCUT2D eigenvalue weighted by Gasteiger charge is -2.38. The summed E-state index contributed by atoms with van der Waals surface area (Å²) >= 11 is 12.1. The molecular weight excluding hydrogens is 441 g/mol. The standard InChI is InChI=1S/C23H29Cl2N3O.ClH/c1-2-3-13-27-14-11-20(12-15-27)28(17-18-7-5-4-6-8-18)23(29)26-19-9-10-21(24)22(25)16-19;/h4-10,16,20H,2-3,11-15,17H2,1H3,(H,26,29);1H. The lowest BCUT2D eigenvalue weighted by atomic mass is 10.0. The first kappa shape index (κ1) is 24.8.